The van der Waals surface area contributed by atoms with Gasteiger partial charge in [-0.05, 0) is 30.0 Å². The van der Waals surface area contributed by atoms with Crippen LogP contribution >= 0.6 is 11.3 Å². The smallest absolute Gasteiger partial charge is 0.204 e. The van der Waals surface area contributed by atoms with Gasteiger partial charge in [0.25, 0.3) is 0 Å². The molecule has 2 rings (SSSR count). The van der Waals surface area contributed by atoms with E-state index in [0.717, 1.165) is 6.42 Å². The molecule has 0 bridgehead atoms. The molecule has 0 aliphatic heterocycles. The highest BCUT2D eigenvalue weighted by Gasteiger charge is 2.03. The quantitative estimate of drug-likeness (QED) is 0.550. The first-order valence-corrected chi connectivity index (χ1v) is 6.37. The van der Waals surface area contributed by atoms with E-state index in [-0.39, 0.29) is 24.0 Å². The number of nitrogens with zero attached hydrogens (tertiary/aromatic N) is 1. The van der Waals surface area contributed by atoms with Gasteiger partial charge < -0.3 is 24.0 Å². The van der Waals surface area contributed by atoms with Gasteiger partial charge in [0.1, 0.15) is 7.05 Å². The number of thiophene rings is 1. The predicted octanol–water partition coefficient (Wildman–Crippen LogP) is 0.309. The molecule has 90 valence electrons. The monoisotopic (exact) mass is 357 g/mol. The third kappa shape index (κ3) is 3.92. The van der Waals surface area contributed by atoms with E-state index in [1.54, 1.807) is 11.3 Å². The molecule has 0 saturated heterocycles. The Kier molecular flexibility index (Phi) is 5.85. The summed E-state index contributed by atoms with van der Waals surface area (Å²) in [5, 5.41) is 2.10. The summed E-state index contributed by atoms with van der Waals surface area (Å²) >= 11 is 1.76. The van der Waals surface area contributed by atoms with Gasteiger partial charge in [-0.25, -0.2) is 4.57 Å². The zero-order valence-electron chi connectivity index (χ0n) is 10.1. The first-order valence-electron chi connectivity index (χ1n) is 5.49. The Labute approximate surface area is 124 Å². The van der Waals surface area contributed by atoms with Crippen LogP contribution in [0.4, 0.5) is 0 Å². The van der Waals surface area contributed by atoms with Crippen LogP contribution in [0.25, 0.3) is 12.2 Å². The molecule has 0 unspecified atom stereocenters. The minimum absolute atomic E-state index is 0. The summed E-state index contributed by atoms with van der Waals surface area (Å²) in [4.78, 5) is 1.29. The summed E-state index contributed by atoms with van der Waals surface area (Å²) in [7, 11) is 2.09. The molecule has 0 aromatic carbocycles. The Bertz CT molecular complexity index is 489. The number of aryl methyl sites for hydroxylation is 2. The van der Waals surface area contributed by atoms with Crippen molar-refractivity contribution in [3.05, 3.63) is 52.0 Å². The Morgan fingerprint density at radius 2 is 2.06 bits per heavy atom. The molecule has 0 N–H and O–H groups in total. The molecule has 0 spiro atoms. The molecular formula is C14H16INS. The van der Waals surface area contributed by atoms with Gasteiger partial charge in [-0.1, -0.05) is 13.0 Å². The summed E-state index contributed by atoms with van der Waals surface area (Å²) in [5.41, 5.74) is 2.60. The number of halogens is 1. The first-order chi connectivity index (χ1) is 7.79. The lowest BCUT2D eigenvalue weighted by molar-refractivity contribution is -0.673. The second-order valence-corrected chi connectivity index (χ2v) is 4.75. The lowest BCUT2D eigenvalue weighted by Crippen LogP contribution is -3.00. The van der Waals surface area contributed by atoms with Crippen molar-refractivity contribution in [2.45, 2.75) is 13.3 Å². The third-order valence-corrected chi connectivity index (χ3v) is 3.44. The van der Waals surface area contributed by atoms with Gasteiger partial charge in [0, 0.05) is 22.6 Å². The van der Waals surface area contributed by atoms with Crippen LogP contribution < -0.4 is 28.5 Å². The second kappa shape index (κ2) is 6.91. The maximum atomic E-state index is 2.19. The van der Waals surface area contributed by atoms with E-state index < -0.39 is 0 Å². The van der Waals surface area contributed by atoms with Crippen molar-refractivity contribution in [1.82, 2.24) is 0 Å². The van der Waals surface area contributed by atoms with Crippen molar-refractivity contribution in [3.63, 3.8) is 0 Å². The molecule has 3 heteroatoms. The molecule has 0 aliphatic carbocycles. The fourth-order valence-corrected chi connectivity index (χ4v) is 2.23. The largest absolute Gasteiger partial charge is 1.00 e. The summed E-state index contributed by atoms with van der Waals surface area (Å²) in [6.07, 6.45) is 7.59. The summed E-state index contributed by atoms with van der Waals surface area (Å²) in [5.74, 6) is 0. The van der Waals surface area contributed by atoms with E-state index in [0.29, 0.717) is 0 Å². The van der Waals surface area contributed by atoms with Gasteiger partial charge in [-0.2, -0.15) is 0 Å². The van der Waals surface area contributed by atoms with E-state index in [9.17, 15) is 0 Å². The molecule has 0 radical (unpaired) electrons. The summed E-state index contributed by atoms with van der Waals surface area (Å²) in [6.45, 7) is 2.18. The van der Waals surface area contributed by atoms with Crippen molar-refractivity contribution in [3.8, 4) is 0 Å². The minimum Gasteiger partial charge on any atom is -1.00 e. The first kappa shape index (κ1) is 14.4. The van der Waals surface area contributed by atoms with Gasteiger partial charge >= 0.3 is 0 Å². The number of aromatic nitrogens is 1. The molecule has 0 atom stereocenters. The normalized spacial score (nSPS) is 10.5. The van der Waals surface area contributed by atoms with Gasteiger partial charge in [0.15, 0.2) is 6.20 Å². The highest BCUT2D eigenvalue weighted by Crippen LogP contribution is 2.12. The Hall–Kier alpha value is -0.680. The molecule has 2 heterocycles. The van der Waals surface area contributed by atoms with Crippen LogP contribution in [-0.4, -0.2) is 0 Å². The summed E-state index contributed by atoms with van der Waals surface area (Å²) in [6, 6.07) is 8.56. The maximum absolute atomic E-state index is 2.19. The molecule has 17 heavy (non-hydrogen) atoms. The average molecular weight is 357 g/mol. The number of hydrogen-bond donors (Lipinski definition) is 0. The van der Waals surface area contributed by atoms with E-state index in [2.05, 4.69) is 66.5 Å². The summed E-state index contributed by atoms with van der Waals surface area (Å²) < 4.78 is 2.17. The minimum atomic E-state index is 0. The van der Waals surface area contributed by atoms with Crippen LogP contribution in [0.2, 0.25) is 0 Å². The van der Waals surface area contributed by atoms with Gasteiger partial charge in [-0.3, -0.25) is 0 Å². The fraction of sp³-hybridized carbons (Fsp3) is 0.214. The number of rotatable bonds is 3. The van der Waals surface area contributed by atoms with Crippen molar-refractivity contribution in [2.24, 2.45) is 7.05 Å². The molecule has 2 aromatic heterocycles. The van der Waals surface area contributed by atoms with Crippen molar-refractivity contribution in [2.75, 3.05) is 0 Å². The van der Waals surface area contributed by atoms with E-state index in [4.69, 9.17) is 0 Å². The highest BCUT2D eigenvalue weighted by molar-refractivity contribution is 7.10. The lowest BCUT2D eigenvalue weighted by atomic mass is 10.2. The van der Waals surface area contributed by atoms with E-state index in [1.165, 1.54) is 16.1 Å². The topological polar surface area (TPSA) is 3.88 Å². The van der Waals surface area contributed by atoms with Crippen LogP contribution in [-0.2, 0) is 13.5 Å². The maximum Gasteiger partial charge on any atom is 0.204 e. The molecule has 0 aliphatic rings. The van der Waals surface area contributed by atoms with Crippen LogP contribution in [0.5, 0.6) is 0 Å². The highest BCUT2D eigenvalue weighted by atomic mass is 127. The van der Waals surface area contributed by atoms with Crippen LogP contribution in [0.3, 0.4) is 0 Å². The number of pyridine rings is 1. The predicted molar refractivity (Wildman–Crippen MR) is 70.2 cm³/mol. The van der Waals surface area contributed by atoms with Crippen molar-refractivity contribution in [1.29, 1.82) is 0 Å². The van der Waals surface area contributed by atoms with Gasteiger partial charge in [0.05, 0.1) is 0 Å². The standard InChI is InChI=1S/C14H16NS.HI/c1-3-12-6-7-13(15(2)11-12)8-9-14-5-4-10-16-14;/h4-11H,3H2,1-2H3;1H/q+1;/p-1/b9-8+;. The average Bonchev–Trinajstić information content (AvgIpc) is 2.80. The molecule has 0 amide bonds. The zero-order chi connectivity index (χ0) is 11.4. The van der Waals surface area contributed by atoms with Crippen LogP contribution in [0.1, 0.15) is 23.1 Å². The molecule has 1 nitrogen and oxygen atoms in total. The second-order valence-electron chi connectivity index (χ2n) is 3.78. The third-order valence-electron chi connectivity index (χ3n) is 2.60. The van der Waals surface area contributed by atoms with E-state index in [1.807, 2.05) is 0 Å². The van der Waals surface area contributed by atoms with Gasteiger partial charge in [0.2, 0.25) is 5.69 Å². The Morgan fingerprint density at radius 3 is 2.65 bits per heavy atom. The number of hydrogen-bond acceptors (Lipinski definition) is 1. The van der Waals surface area contributed by atoms with Crippen LogP contribution in [0, 0.1) is 0 Å². The Balaban J connectivity index is 0.00000144. The molecule has 2 aromatic rings. The SMILES string of the molecule is CCc1ccc(/C=C/c2cccs2)[n+](C)c1.[I-]. The molecule has 0 saturated carbocycles. The van der Waals surface area contributed by atoms with Crippen molar-refractivity contribution >= 4 is 23.5 Å². The zero-order valence-corrected chi connectivity index (χ0v) is 13.0. The van der Waals surface area contributed by atoms with Gasteiger partial charge in [-0.15, -0.1) is 11.3 Å². The fourth-order valence-electron chi connectivity index (χ4n) is 1.61. The lowest BCUT2D eigenvalue weighted by Gasteiger charge is -1.97. The van der Waals surface area contributed by atoms with E-state index >= 15 is 0 Å². The van der Waals surface area contributed by atoms with Crippen LogP contribution in [0.15, 0.2) is 35.8 Å². The Morgan fingerprint density at radius 1 is 1.24 bits per heavy atom. The molecule has 0 fully saturated rings. The van der Waals surface area contributed by atoms with Crippen molar-refractivity contribution < 1.29 is 28.5 Å². The molecular weight excluding hydrogens is 341 g/mol.